The average Bonchev–Trinajstić information content (AvgIpc) is 3.36. The zero-order valence-corrected chi connectivity index (χ0v) is 49.4. The average molecular weight is 1050 g/mol. The van der Waals surface area contributed by atoms with Crippen molar-refractivity contribution in [1.82, 2.24) is 5.32 Å². The smallest absolute Gasteiger partial charge is 0.456 e. The normalized spacial score (nSPS) is 14.4. The maximum absolute atomic E-state index is 13.5. The summed E-state index contributed by atoms with van der Waals surface area (Å²) in [6.07, 6.45) is 71.2. The molecule has 0 aliphatic rings. The summed E-state index contributed by atoms with van der Waals surface area (Å²) in [6, 6.07) is -0.862. The number of likely N-dealkylation sites (N-methyl/N-ethyl adjacent to an activating group) is 1. The zero-order chi connectivity index (χ0) is 54.3. The van der Waals surface area contributed by atoms with E-state index in [0.29, 0.717) is 17.4 Å². The van der Waals surface area contributed by atoms with Gasteiger partial charge < -0.3 is 19.4 Å². The predicted molar refractivity (Wildman–Crippen MR) is 318 cm³/mol. The molecule has 0 spiro atoms. The second-order valence-corrected chi connectivity index (χ2v) is 22.6. The maximum Gasteiger partial charge on any atom is 0.472 e. The SMILES string of the molecule is CC/C=C\C/C=C\C/C=C\C/C=C\C/C=C\CCCCCCCCCC(=O)NC(COP(=O)(O)OCC[N+](C)(C)C)C(/C=C\CCCCCCCCCCC)OC(=O)CCCCCCCCC/C=C/C/C=C/CC. The number of hydrogen-bond donors (Lipinski definition) is 2. The highest BCUT2D eigenvalue weighted by Gasteiger charge is 2.30. The molecule has 3 atom stereocenters. The lowest BCUT2D eigenvalue weighted by Gasteiger charge is -2.27. The molecule has 0 radical (unpaired) electrons. The Hall–Kier alpha value is -3.07. The summed E-state index contributed by atoms with van der Waals surface area (Å²) in [7, 11) is 1.47. The highest BCUT2D eigenvalue weighted by molar-refractivity contribution is 7.47. The van der Waals surface area contributed by atoms with Gasteiger partial charge in [-0.1, -0.05) is 227 Å². The van der Waals surface area contributed by atoms with Gasteiger partial charge in [-0.3, -0.25) is 18.6 Å². The van der Waals surface area contributed by atoms with Crippen molar-refractivity contribution in [2.75, 3.05) is 40.9 Å². The molecule has 0 bridgehead atoms. The van der Waals surface area contributed by atoms with Crippen molar-refractivity contribution in [2.45, 2.75) is 258 Å². The van der Waals surface area contributed by atoms with Crippen molar-refractivity contribution < 1.29 is 37.3 Å². The number of phosphoric ester groups is 1. The first-order valence-corrected chi connectivity index (χ1v) is 31.6. The van der Waals surface area contributed by atoms with Gasteiger partial charge in [-0.15, -0.1) is 0 Å². The van der Waals surface area contributed by atoms with Gasteiger partial charge in [-0.25, -0.2) is 4.57 Å². The summed E-state index contributed by atoms with van der Waals surface area (Å²) in [5, 5.41) is 3.04. The minimum atomic E-state index is -4.46. The summed E-state index contributed by atoms with van der Waals surface area (Å²) in [6.45, 7) is 6.76. The van der Waals surface area contributed by atoms with E-state index in [1.165, 1.54) is 83.5 Å². The molecule has 0 rings (SSSR count). The van der Waals surface area contributed by atoms with Crippen molar-refractivity contribution in [3.05, 3.63) is 97.2 Å². The van der Waals surface area contributed by atoms with Crippen molar-refractivity contribution in [3.8, 4) is 0 Å². The van der Waals surface area contributed by atoms with Gasteiger partial charge in [0, 0.05) is 12.8 Å². The number of allylic oxidation sites excluding steroid dienone is 15. The third-order valence-corrected chi connectivity index (χ3v) is 13.8. The van der Waals surface area contributed by atoms with E-state index in [1.54, 1.807) is 0 Å². The molecule has 426 valence electrons. The molecule has 1 amide bonds. The number of ether oxygens (including phenoxy) is 1. The first kappa shape index (κ1) is 70.9. The van der Waals surface area contributed by atoms with Crippen LogP contribution < -0.4 is 5.32 Å². The number of nitrogens with zero attached hydrogens (tertiary/aromatic N) is 1. The van der Waals surface area contributed by atoms with Crippen LogP contribution in [0.5, 0.6) is 0 Å². The molecule has 0 aliphatic heterocycles. The van der Waals surface area contributed by atoms with Crippen LogP contribution in [0, 0.1) is 0 Å². The Bertz CT molecular complexity index is 1590. The molecule has 0 aromatic rings. The first-order valence-electron chi connectivity index (χ1n) is 30.1. The van der Waals surface area contributed by atoms with Crippen LogP contribution in [-0.2, 0) is 27.9 Å². The Balaban J connectivity index is 5.23. The van der Waals surface area contributed by atoms with Crippen LogP contribution in [0.4, 0.5) is 0 Å². The fourth-order valence-electron chi connectivity index (χ4n) is 8.18. The van der Waals surface area contributed by atoms with Crippen molar-refractivity contribution in [1.29, 1.82) is 0 Å². The highest BCUT2D eigenvalue weighted by atomic mass is 31.2. The predicted octanol–water partition coefficient (Wildman–Crippen LogP) is 18.4. The number of carbonyl (C=O) groups is 2. The number of amides is 1. The largest absolute Gasteiger partial charge is 0.472 e. The number of carbonyl (C=O) groups excluding carboxylic acids is 2. The Morgan fingerprint density at radius 2 is 0.865 bits per heavy atom. The summed E-state index contributed by atoms with van der Waals surface area (Å²) in [4.78, 5) is 37.6. The highest BCUT2D eigenvalue weighted by Crippen LogP contribution is 2.43. The van der Waals surface area contributed by atoms with Crippen LogP contribution in [0.3, 0.4) is 0 Å². The van der Waals surface area contributed by atoms with Crippen molar-refractivity contribution in [2.24, 2.45) is 0 Å². The van der Waals surface area contributed by atoms with E-state index in [1.807, 2.05) is 33.3 Å². The van der Waals surface area contributed by atoms with E-state index in [4.69, 9.17) is 13.8 Å². The van der Waals surface area contributed by atoms with Gasteiger partial charge >= 0.3 is 13.8 Å². The van der Waals surface area contributed by atoms with Crippen LogP contribution in [0.25, 0.3) is 0 Å². The fourth-order valence-corrected chi connectivity index (χ4v) is 8.92. The lowest BCUT2D eigenvalue weighted by Crippen LogP contribution is -2.47. The third kappa shape index (κ3) is 53.7. The molecule has 0 saturated carbocycles. The molecular weight excluding hydrogens is 940 g/mol. The Morgan fingerprint density at radius 1 is 0.486 bits per heavy atom. The second kappa shape index (κ2) is 53.3. The molecule has 0 saturated heterocycles. The number of quaternary nitrogens is 1. The van der Waals surface area contributed by atoms with Crippen LogP contribution >= 0.6 is 7.82 Å². The molecule has 2 N–H and O–H groups in total. The van der Waals surface area contributed by atoms with Gasteiger partial charge in [0.05, 0.1) is 33.8 Å². The molecule has 0 aliphatic carbocycles. The monoisotopic (exact) mass is 1050 g/mol. The Labute approximate surface area is 456 Å². The van der Waals surface area contributed by atoms with E-state index < -0.39 is 20.0 Å². The van der Waals surface area contributed by atoms with Gasteiger partial charge in [0.2, 0.25) is 5.91 Å². The molecule has 0 aromatic carbocycles. The minimum Gasteiger partial charge on any atom is -0.456 e. The van der Waals surface area contributed by atoms with Crippen LogP contribution in [-0.4, -0.2) is 74.3 Å². The number of phosphoric acid groups is 1. The lowest BCUT2D eigenvalue weighted by molar-refractivity contribution is -0.870. The number of unbranched alkanes of at least 4 members (excludes halogenated alkanes) is 23. The third-order valence-electron chi connectivity index (χ3n) is 12.8. The van der Waals surface area contributed by atoms with E-state index in [9.17, 15) is 19.0 Å². The van der Waals surface area contributed by atoms with Gasteiger partial charge in [0.15, 0.2) is 0 Å². The first-order chi connectivity index (χ1) is 35.9. The second-order valence-electron chi connectivity index (χ2n) is 21.1. The number of rotatable bonds is 53. The summed E-state index contributed by atoms with van der Waals surface area (Å²) < 4.78 is 30.6. The van der Waals surface area contributed by atoms with E-state index >= 15 is 0 Å². The summed E-state index contributed by atoms with van der Waals surface area (Å²) in [5.41, 5.74) is 0. The van der Waals surface area contributed by atoms with Gasteiger partial charge in [0.1, 0.15) is 19.3 Å². The van der Waals surface area contributed by atoms with Gasteiger partial charge in [0.25, 0.3) is 0 Å². The lowest BCUT2D eigenvalue weighted by atomic mass is 10.1. The van der Waals surface area contributed by atoms with Crippen LogP contribution in [0.15, 0.2) is 97.2 Å². The number of nitrogens with one attached hydrogen (secondary N) is 1. The fraction of sp³-hybridized carbons (Fsp3) is 0.719. The van der Waals surface area contributed by atoms with Gasteiger partial charge in [-0.05, 0) is 102 Å². The van der Waals surface area contributed by atoms with Crippen LogP contribution in [0.2, 0.25) is 0 Å². The number of esters is 1. The van der Waals surface area contributed by atoms with Crippen molar-refractivity contribution >= 4 is 19.7 Å². The molecule has 0 heterocycles. The van der Waals surface area contributed by atoms with E-state index in [0.717, 1.165) is 128 Å². The zero-order valence-electron chi connectivity index (χ0n) is 48.6. The molecule has 3 unspecified atom stereocenters. The topological polar surface area (TPSA) is 111 Å². The Kier molecular flexibility index (Phi) is 51.1. The van der Waals surface area contributed by atoms with Crippen LogP contribution in [0.1, 0.15) is 245 Å². The Morgan fingerprint density at radius 3 is 1.30 bits per heavy atom. The standard InChI is InChI=1S/C64H113N2O7P/c1-7-10-13-16-19-22-25-27-29-30-31-32-33-34-35-36-37-38-41-44-47-50-53-56-63(67)65-61(60-72-74(69,70)71-59-58-66(4,5)6)62(55-52-49-46-43-40-24-21-18-15-12-9-3)73-64(68)57-54-51-48-45-42-39-28-26-23-20-17-14-11-8-2/h10-11,13-14,19-20,22-23,27,29,31-32,34-35,52,55,61-62H,7-9,12,15-18,21,24-26,28,30,33,36-51,53-54,56-60H2,1-6H3,(H-,65,67,69,70)/p+1/b13-10-,14-11+,22-19-,23-20+,29-27-,32-31-,35-34-,55-52-. The molecule has 10 heteroatoms. The summed E-state index contributed by atoms with van der Waals surface area (Å²) in [5.74, 6) is -0.533. The summed E-state index contributed by atoms with van der Waals surface area (Å²) >= 11 is 0. The minimum absolute atomic E-state index is 0.0319. The molecule has 9 nitrogen and oxygen atoms in total. The molecule has 0 aromatic heterocycles. The van der Waals surface area contributed by atoms with E-state index in [2.05, 4.69) is 111 Å². The quantitative estimate of drug-likeness (QED) is 0.0205. The van der Waals surface area contributed by atoms with E-state index in [-0.39, 0.29) is 31.5 Å². The molecule has 74 heavy (non-hydrogen) atoms. The molecular formula is C64H114N2O7P+. The number of hydrogen-bond acceptors (Lipinski definition) is 6. The maximum atomic E-state index is 13.5. The van der Waals surface area contributed by atoms with Gasteiger partial charge in [-0.2, -0.15) is 0 Å². The molecule has 0 fully saturated rings. The van der Waals surface area contributed by atoms with Crippen molar-refractivity contribution in [3.63, 3.8) is 0 Å².